The summed E-state index contributed by atoms with van der Waals surface area (Å²) in [7, 11) is 0. The molecule has 0 atom stereocenters. The largest absolute Gasteiger partial charge is 0.324 e. The van der Waals surface area contributed by atoms with Gasteiger partial charge in [-0.25, -0.2) is 14.8 Å². The topological polar surface area (TPSA) is 66.9 Å². The smallest absolute Gasteiger partial charge is 0.308 e. The number of hydrogen-bond donors (Lipinski definition) is 2. The van der Waals surface area contributed by atoms with Gasteiger partial charge in [0.15, 0.2) is 0 Å². The summed E-state index contributed by atoms with van der Waals surface area (Å²) in [6.45, 7) is 0. The standard InChI is InChI=1S/C17H12Cl2N4O/c18-12-3-1-11(2-4-12)15-9-20-10-21-16(15)23-17(24)22-14-7-5-13(19)6-8-14/h1-10H,(H2,20,21,22,23,24). The molecule has 0 bridgehead atoms. The molecule has 0 saturated heterocycles. The van der Waals surface area contributed by atoms with Crippen molar-refractivity contribution in [2.45, 2.75) is 0 Å². The third-order valence-electron chi connectivity index (χ3n) is 3.20. The normalized spacial score (nSPS) is 10.2. The molecule has 0 spiro atoms. The molecular formula is C17H12Cl2N4O. The molecule has 2 amide bonds. The van der Waals surface area contributed by atoms with Crippen molar-refractivity contribution in [1.82, 2.24) is 9.97 Å². The monoisotopic (exact) mass is 358 g/mol. The Morgan fingerprint density at radius 2 is 1.50 bits per heavy atom. The van der Waals surface area contributed by atoms with E-state index in [9.17, 15) is 4.79 Å². The number of carbonyl (C=O) groups is 1. The molecule has 3 rings (SSSR count). The molecule has 2 aromatic carbocycles. The minimum atomic E-state index is -0.411. The molecule has 1 aromatic heterocycles. The van der Waals surface area contributed by atoms with E-state index in [1.807, 2.05) is 12.1 Å². The van der Waals surface area contributed by atoms with E-state index in [2.05, 4.69) is 20.6 Å². The van der Waals surface area contributed by atoms with Gasteiger partial charge in [0.1, 0.15) is 12.1 Å². The lowest BCUT2D eigenvalue weighted by Gasteiger charge is -2.11. The lowest BCUT2D eigenvalue weighted by molar-refractivity contribution is 0.262. The van der Waals surface area contributed by atoms with Crippen molar-refractivity contribution in [2.24, 2.45) is 0 Å². The third kappa shape index (κ3) is 4.01. The van der Waals surface area contributed by atoms with Crippen LogP contribution in [-0.4, -0.2) is 16.0 Å². The highest BCUT2D eigenvalue weighted by atomic mass is 35.5. The molecule has 24 heavy (non-hydrogen) atoms. The van der Waals surface area contributed by atoms with Crippen molar-refractivity contribution in [3.63, 3.8) is 0 Å². The van der Waals surface area contributed by atoms with Gasteiger partial charge in [-0.2, -0.15) is 0 Å². The highest BCUT2D eigenvalue weighted by Crippen LogP contribution is 2.26. The Morgan fingerprint density at radius 3 is 2.17 bits per heavy atom. The van der Waals surface area contributed by atoms with E-state index in [1.165, 1.54) is 6.33 Å². The second-order valence-electron chi connectivity index (χ2n) is 4.88. The molecule has 5 nitrogen and oxygen atoms in total. The molecule has 7 heteroatoms. The number of anilines is 2. The SMILES string of the molecule is O=C(Nc1ccc(Cl)cc1)Nc1ncncc1-c1ccc(Cl)cc1. The molecular weight excluding hydrogens is 347 g/mol. The maximum atomic E-state index is 12.2. The van der Waals surface area contributed by atoms with E-state index in [-0.39, 0.29) is 0 Å². The van der Waals surface area contributed by atoms with E-state index in [0.717, 1.165) is 5.56 Å². The fourth-order valence-electron chi connectivity index (χ4n) is 2.07. The molecule has 2 N–H and O–H groups in total. The third-order valence-corrected chi connectivity index (χ3v) is 3.71. The average molecular weight is 359 g/mol. The Bertz CT molecular complexity index is 851. The van der Waals surface area contributed by atoms with Crippen LogP contribution >= 0.6 is 23.2 Å². The summed E-state index contributed by atoms with van der Waals surface area (Å²) < 4.78 is 0. The average Bonchev–Trinajstić information content (AvgIpc) is 2.58. The van der Waals surface area contributed by atoms with Gasteiger partial charge in [0.25, 0.3) is 0 Å². The molecule has 0 aliphatic heterocycles. The maximum Gasteiger partial charge on any atom is 0.324 e. The number of carbonyl (C=O) groups excluding carboxylic acids is 1. The van der Waals surface area contributed by atoms with Crippen molar-refractivity contribution >= 4 is 40.7 Å². The van der Waals surface area contributed by atoms with Crippen LogP contribution in [0.4, 0.5) is 16.3 Å². The van der Waals surface area contributed by atoms with Crippen molar-refractivity contribution in [3.8, 4) is 11.1 Å². The van der Waals surface area contributed by atoms with E-state index >= 15 is 0 Å². The first-order valence-electron chi connectivity index (χ1n) is 7.01. The summed E-state index contributed by atoms with van der Waals surface area (Å²) in [5.41, 5.74) is 2.17. The first-order valence-corrected chi connectivity index (χ1v) is 7.77. The second kappa shape index (κ2) is 7.29. The fourth-order valence-corrected chi connectivity index (χ4v) is 2.33. The van der Waals surface area contributed by atoms with Gasteiger partial charge in [-0.05, 0) is 42.0 Å². The first-order chi connectivity index (χ1) is 11.6. The number of benzene rings is 2. The Balaban J connectivity index is 1.78. The van der Waals surface area contributed by atoms with Gasteiger partial charge in [-0.15, -0.1) is 0 Å². The number of aromatic nitrogens is 2. The van der Waals surface area contributed by atoms with Crippen molar-refractivity contribution in [2.75, 3.05) is 10.6 Å². The molecule has 0 aliphatic rings. The molecule has 3 aromatic rings. The minimum absolute atomic E-state index is 0.402. The fraction of sp³-hybridized carbons (Fsp3) is 0. The number of nitrogens with one attached hydrogen (secondary N) is 2. The molecule has 0 saturated carbocycles. The Kier molecular flexibility index (Phi) is 4.93. The Labute approximate surface area is 148 Å². The highest BCUT2D eigenvalue weighted by molar-refractivity contribution is 6.31. The van der Waals surface area contributed by atoms with Crippen molar-refractivity contribution in [3.05, 3.63) is 71.1 Å². The Hall–Kier alpha value is -2.63. The van der Waals surface area contributed by atoms with Gasteiger partial charge in [0.05, 0.1) is 0 Å². The number of nitrogens with zero attached hydrogens (tertiary/aromatic N) is 2. The summed E-state index contributed by atoms with van der Waals surface area (Å²) in [5.74, 6) is 0.402. The summed E-state index contributed by atoms with van der Waals surface area (Å²) in [4.78, 5) is 20.3. The number of rotatable bonds is 3. The maximum absolute atomic E-state index is 12.2. The van der Waals surface area contributed by atoms with Crippen molar-refractivity contribution < 1.29 is 4.79 Å². The highest BCUT2D eigenvalue weighted by Gasteiger charge is 2.10. The zero-order valence-corrected chi connectivity index (χ0v) is 13.8. The van der Waals surface area contributed by atoms with E-state index in [1.54, 1.807) is 42.6 Å². The predicted octanol–water partition coefficient (Wildman–Crippen LogP) is 5.09. The van der Waals surface area contributed by atoms with Crippen LogP contribution in [0.2, 0.25) is 10.0 Å². The van der Waals surface area contributed by atoms with Crippen LogP contribution < -0.4 is 10.6 Å². The molecule has 0 unspecified atom stereocenters. The van der Waals surface area contributed by atoms with E-state index in [4.69, 9.17) is 23.2 Å². The van der Waals surface area contributed by atoms with Crippen molar-refractivity contribution in [1.29, 1.82) is 0 Å². The number of urea groups is 1. The summed E-state index contributed by atoms with van der Waals surface area (Å²) in [5, 5.41) is 6.66. The van der Waals surface area contributed by atoms with E-state index in [0.29, 0.717) is 27.1 Å². The van der Waals surface area contributed by atoms with Gasteiger partial charge in [0, 0.05) is 27.5 Å². The molecule has 120 valence electrons. The van der Waals surface area contributed by atoms with Crippen LogP contribution in [0.25, 0.3) is 11.1 Å². The number of halogens is 2. The van der Waals surface area contributed by atoms with Crippen LogP contribution in [0.5, 0.6) is 0 Å². The molecule has 1 heterocycles. The second-order valence-corrected chi connectivity index (χ2v) is 5.75. The zero-order valence-electron chi connectivity index (χ0n) is 12.3. The zero-order chi connectivity index (χ0) is 16.9. The molecule has 0 radical (unpaired) electrons. The Morgan fingerprint density at radius 1 is 0.875 bits per heavy atom. The molecule has 0 aliphatic carbocycles. The van der Waals surface area contributed by atoms with Gasteiger partial charge in [0.2, 0.25) is 0 Å². The lowest BCUT2D eigenvalue weighted by Crippen LogP contribution is -2.20. The van der Waals surface area contributed by atoms with Gasteiger partial charge >= 0.3 is 6.03 Å². The summed E-state index contributed by atoms with van der Waals surface area (Å²) in [6.07, 6.45) is 3.01. The molecule has 0 fully saturated rings. The van der Waals surface area contributed by atoms with E-state index < -0.39 is 6.03 Å². The van der Waals surface area contributed by atoms with Gasteiger partial charge < -0.3 is 5.32 Å². The van der Waals surface area contributed by atoms with Crippen LogP contribution in [-0.2, 0) is 0 Å². The van der Waals surface area contributed by atoms with Crippen LogP contribution in [0.1, 0.15) is 0 Å². The first kappa shape index (κ1) is 16.2. The number of hydrogen-bond acceptors (Lipinski definition) is 3. The number of amides is 2. The lowest BCUT2D eigenvalue weighted by atomic mass is 10.1. The van der Waals surface area contributed by atoms with Gasteiger partial charge in [-0.1, -0.05) is 35.3 Å². The quantitative estimate of drug-likeness (QED) is 0.684. The van der Waals surface area contributed by atoms with Crippen LogP contribution in [0.3, 0.4) is 0 Å². The summed E-state index contributed by atoms with van der Waals surface area (Å²) in [6, 6.07) is 13.6. The summed E-state index contributed by atoms with van der Waals surface area (Å²) >= 11 is 11.7. The van der Waals surface area contributed by atoms with Gasteiger partial charge in [-0.3, -0.25) is 5.32 Å². The van der Waals surface area contributed by atoms with Crippen LogP contribution in [0, 0.1) is 0 Å². The predicted molar refractivity (Wildman–Crippen MR) is 96.6 cm³/mol. The van der Waals surface area contributed by atoms with Crippen LogP contribution in [0.15, 0.2) is 61.1 Å². The minimum Gasteiger partial charge on any atom is -0.308 e.